The molecule has 0 radical (unpaired) electrons. The van der Waals surface area contributed by atoms with Gasteiger partial charge in [0.1, 0.15) is 5.76 Å². The molecular weight excluding hydrogens is 232 g/mol. The molecule has 0 fully saturated rings. The zero-order valence-corrected chi connectivity index (χ0v) is 11.3. The third-order valence-electron chi connectivity index (χ3n) is 2.97. The van der Waals surface area contributed by atoms with Crippen molar-refractivity contribution in [2.75, 3.05) is 6.54 Å². The second kappa shape index (κ2) is 5.47. The number of thiophene rings is 1. The van der Waals surface area contributed by atoms with Gasteiger partial charge in [0.2, 0.25) is 0 Å². The minimum absolute atomic E-state index is 0.292. The number of aryl methyl sites for hydroxylation is 2. The van der Waals surface area contributed by atoms with E-state index in [0.29, 0.717) is 6.04 Å². The van der Waals surface area contributed by atoms with Crippen molar-refractivity contribution in [3.05, 3.63) is 39.4 Å². The predicted octanol–water partition coefficient (Wildman–Crippen LogP) is 3.25. The van der Waals surface area contributed by atoms with Crippen LogP contribution in [0.25, 0.3) is 0 Å². The Hall–Kier alpha value is -1.13. The summed E-state index contributed by atoms with van der Waals surface area (Å²) in [6.07, 6.45) is 1.07. The topological polar surface area (TPSA) is 38.1 Å². The Labute approximate surface area is 106 Å². The van der Waals surface area contributed by atoms with Gasteiger partial charge in [-0.3, -0.25) is 0 Å². The lowest BCUT2D eigenvalue weighted by molar-refractivity contribution is 0.390. The third kappa shape index (κ3) is 2.96. The number of aromatic nitrogens is 1. The maximum Gasteiger partial charge on any atom is 0.138 e. The molecule has 1 atom stereocenters. The summed E-state index contributed by atoms with van der Waals surface area (Å²) in [7, 11) is 0. The van der Waals surface area contributed by atoms with E-state index >= 15 is 0 Å². The van der Waals surface area contributed by atoms with Crippen molar-refractivity contribution in [2.24, 2.45) is 0 Å². The Kier molecular flexibility index (Phi) is 3.97. The number of hydrogen-bond donors (Lipinski definition) is 1. The van der Waals surface area contributed by atoms with Gasteiger partial charge in [-0.05, 0) is 56.1 Å². The maximum absolute atomic E-state index is 5.18. The molecule has 2 rings (SSSR count). The van der Waals surface area contributed by atoms with Crippen molar-refractivity contribution in [1.82, 2.24) is 10.5 Å². The molecule has 2 aromatic rings. The summed E-state index contributed by atoms with van der Waals surface area (Å²) in [5, 5.41) is 11.8. The van der Waals surface area contributed by atoms with Crippen LogP contribution in [-0.4, -0.2) is 11.7 Å². The Morgan fingerprint density at radius 2 is 2.29 bits per heavy atom. The van der Waals surface area contributed by atoms with Crippen molar-refractivity contribution in [3.8, 4) is 0 Å². The summed E-state index contributed by atoms with van der Waals surface area (Å²) in [6, 6.07) is 2.47. The maximum atomic E-state index is 5.18. The van der Waals surface area contributed by atoms with Gasteiger partial charge in [-0.1, -0.05) is 5.16 Å². The fourth-order valence-corrected chi connectivity index (χ4v) is 2.78. The van der Waals surface area contributed by atoms with Crippen molar-refractivity contribution in [3.63, 3.8) is 0 Å². The summed E-state index contributed by atoms with van der Waals surface area (Å²) in [4.78, 5) is 0. The Morgan fingerprint density at radius 3 is 2.88 bits per heavy atom. The number of nitrogens with zero attached hydrogens (tertiary/aromatic N) is 1. The summed E-state index contributed by atoms with van der Waals surface area (Å²) >= 11 is 1.75. The van der Waals surface area contributed by atoms with Gasteiger partial charge >= 0.3 is 0 Å². The van der Waals surface area contributed by atoms with Gasteiger partial charge < -0.3 is 9.84 Å². The van der Waals surface area contributed by atoms with E-state index in [4.69, 9.17) is 4.52 Å². The second-order valence-corrected chi connectivity index (χ2v) is 5.08. The molecule has 0 saturated heterocycles. The molecule has 0 aliphatic carbocycles. The average molecular weight is 250 g/mol. The van der Waals surface area contributed by atoms with Crippen LogP contribution in [0.1, 0.15) is 35.5 Å². The number of rotatable bonds is 5. The zero-order valence-electron chi connectivity index (χ0n) is 10.5. The van der Waals surface area contributed by atoms with E-state index < -0.39 is 0 Å². The van der Waals surface area contributed by atoms with Crippen LogP contribution in [0, 0.1) is 13.8 Å². The molecule has 4 heteroatoms. The largest absolute Gasteiger partial charge is 0.361 e. The molecule has 3 nitrogen and oxygen atoms in total. The first-order valence-corrected chi connectivity index (χ1v) is 6.80. The van der Waals surface area contributed by atoms with Crippen molar-refractivity contribution < 1.29 is 4.52 Å². The Morgan fingerprint density at radius 1 is 1.47 bits per heavy atom. The van der Waals surface area contributed by atoms with Crippen molar-refractivity contribution in [1.29, 1.82) is 0 Å². The third-order valence-corrected chi connectivity index (χ3v) is 3.70. The molecule has 17 heavy (non-hydrogen) atoms. The van der Waals surface area contributed by atoms with Crippen molar-refractivity contribution >= 4 is 11.3 Å². The lowest BCUT2D eigenvalue weighted by Crippen LogP contribution is -2.22. The Balaban J connectivity index is 1.87. The second-order valence-electron chi connectivity index (χ2n) is 4.30. The van der Waals surface area contributed by atoms with E-state index in [-0.39, 0.29) is 0 Å². The highest BCUT2D eigenvalue weighted by molar-refractivity contribution is 7.07. The fourth-order valence-electron chi connectivity index (χ4n) is 2.08. The molecule has 0 aliphatic heterocycles. The Bertz CT molecular complexity index is 442. The molecule has 0 amide bonds. The van der Waals surface area contributed by atoms with Crippen LogP contribution >= 0.6 is 11.3 Å². The molecule has 0 spiro atoms. The number of nitrogens with one attached hydrogen (secondary N) is 1. The van der Waals surface area contributed by atoms with Crippen LogP contribution in [0.15, 0.2) is 21.3 Å². The van der Waals surface area contributed by atoms with Gasteiger partial charge in [0.05, 0.1) is 5.69 Å². The molecule has 0 aliphatic rings. The highest BCUT2D eigenvalue weighted by Crippen LogP contribution is 2.20. The van der Waals surface area contributed by atoms with E-state index in [9.17, 15) is 0 Å². The first-order valence-electron chi connectivity index (χ1n) is 5.85. The lowest BCUT2D eigenvalue weighted by atomic mass is 10.1. The molecular formula is C13H18N2OS. The molecule has 1 N–H and O–H groups in total. The summed E-state index contributed by atoms with van der Waals surface area (Å²) < 4.78 is 5.18. The molecule has 0 bridgehead atoms. The molecule has 0 aromatic carbocycles. The average Bonchev–Trinajstić information content (AvgIpc) is 2.89. The highest BCUT2D eigenvalue weighted by atomic mass is 32.1. The zero-order chi connectivity index (χ0) is 12.3. The smallest absolute Gasteiger partial charge is 0.138 e. The predicted molar refractivity (Wildman–Crippen MR) is 70.4 cm³/mol. The van der Waals surface area contributed by atoms with Crippen molar-refractivity contribution in [2.45, 2.75) is 33.2 Å². The van der Waals surface area contributed by atoms with Gasteiger partial charge in [0.25, 0.3) is 0 Å². The van der Waals surface area contributed by atoms with Gasteiger partial charge in [0.15, 0.2) is 0 Å². The normalized spacial score (nSPS) is 12.9. The van der Waals surface area contributed by atoms with Crippen LogP contribution in [0.2, 0.25) is 0 Å². The summed E-state index contributed by atoms with van der Waals surface area (Å²) in [6.45, 7) is 7.08. The van der Waals surface area contributed by atoms with Crippen LogP contribution in [0.4, 0.5) is 0 Å². The van der Waals surface area contributed by atoms with Gasteiger partial charge in [-0.2, -0.15) is 11.3 Å². The molecule has 2 heterocycles. The van der Waals surface area contributed by atoms with Crippen LogP contribution < -0.4 is 5.32 Å². The monoisotopic (exact) mass is 250 g/mol. The first kappa shape index (κ1) is 12.3. The van der Waals surface area contributed by atoms with Crippen LogP contribution in [-0.2, 0) is 6.42 Å². The first-order chi connectivity index (χ1) is 8.18. The van der Waals surface area contributed by atoms with Gasteiger partial charge in [-0.25, -0.2) is 0 Å². The van der Waals surface area contributed by atoms with Crippen LogP contribution in [0.5, 0.6) is 0 Å². The van der Waals surface area contributed by atoms with Gasteiger partial charge in [0, 0.05) is 11.6 Å². The van der Waals surface area contributed by atoms with E-state index in [1.54, 1.807) is 11.3 Å². The quantitative estimate of drug-likeness (QED) is 0.885. The summed E-state index contributed by atoms with van der Waals surface area (Å²) in [5.41, 5.74) is 3.57. The fraction of sp³-hybridized carbons (Fsp3) is 0.462. The minimum Gasteiger partial charge on any atom is -0.361 e. The van der Waals surface area contributed by atoms with E-state index in [2.05, 4.69) is 34.2 Å². The van der Waals surface area contributed by atoms with Crippen LogP contribution in [0.3, 0.4) is 0 Å². The molecule has 2 aromatic heterocycles. The lowest BCUT2D eigenvalue weighted by Gasteiger charge is -2.13. The van der Waals surface area contributed by atoms with Gasteiger partial charge in [-0.15, -0.1) is 0 Å². The summed E-state index contributed by atoms with van der Waals surface area (Å²) in [5.74, 6) is 0.915. The van der Waals surface area contributed by atoms with E-state index in [1.165, 1.54) is 11.1 Å². The highest BCUT2D eigenvalue weighted by Gasteiger charge is 2.15. The standard InChI is InChI=1S/C13H18N2OS/c1-9(13-10(2)15-16-11(13)3)14-6-4-12-5-7-17-8-12/h5,7-9,14H,4,6H2,1-3H3. The van der Waals surface area contributed by atoms with E-state index in [1.807, 2.05) is 13.8 Å². The SMILES string of the molecule is Cc1noc(C)c1C(C)NCCc1ccsc1. The molecule has 0 saturated carbocycles. The molecule has 1 unspecified atom stereocenters. The van der Waals surface area contributed by atoms with E-state index in [0.717, 1.165) is 24.4 Å². The number of hydrogen-bond acceptors (Lipinski definition) is 4. The molecule has 92 valence electrons. The minimum atomic E-state index is 0.292.